The summed E-state index contributed by atoms with van der Waals surface area (Å²) in [6.45, 7) is 6.68. The molecular weight excluding hydrogens is 356 g/mol. The molecule has 1 saturated heterocycles. The molecule has 0 spiro atoms. The smallest absolute Gasteiger partial charge is 0.191 e. The van der Waals surface area contributed by atoms with E-state index in [0.717, 1.165) is 30.2 Å². The average Bonchev–Trinajstić information content (AvgIpc) is 3.41. The number of benzene rings is 1. The molecule has 1 atom stereocenters. The van der Waals surface area contributed by atoms with E-state index in [2.05, 4.69) is 40.0 Å². The molecule has 6 heteroatoms. The highest BCUT2D eigenvalue weighted by molar-refractivity contribution is 7.10. The van der Waals surface area contributed by atoms with Crippen LogP contribution in [0.5, 0.6) is 0 Å². The lowest BCUT2D eigenvalue weighted by Crippen LogP contribution is -2.42. The fourth-order valence-electron chi connectivity index (χ4n) is 3.51. The molecule has 3 rings (SSSR count). The zero-order chi connectivity index (χ0) is 18.9. The summed E-state index contributed by atoms with van der Waals surface area (Å²) in [5.74, 6) is 0.825. The Labute approximate surface area is 166 Å². The Hall–Kier alpha value is -1.89. The van der Waals surface area contributed by atoms with Crippen LogP contribution in [0.15, 0.2) is 46.8 Å². The van der Waals surface area contributed by atoms with Gasteiger partial charge in [0.2, 0.25) is 0 Å². The molecule has 0 saturated carbocycles. The Bertz CT molecular complexity index is 711. The maximum absolute atomic E-state index is 9.51. The van der Waals surface area contributed by atoms with Crippen LogP contribution in [-0.2, 0) is 13.2 Å². The van der Waals surface area contributed by atoms with Crippen LogP contribution < -0.4 is 10.6 Å². The zero-order valence-electron chi connectivity index (χ0n) is 16.0. The Kier molecular flexibility index (Phi) is 7.68. The lowest BCUT2D eigenvalue weighted by Gasteiger charge is -2.27. The van der Waals surface area contributed by atoms with E-state index in [1.54, 1.807) is 0 Å². The molecule has 3 N–H and O–H groups in total. The number of nitrogens with one attached hydrogen (secondary N) is 2. The molecule has 146 valence electrons. The number of rotatable bonds is 8. The minimum atomic E-state index is 0.0467. The van der Waals surface area contributed by atoms with Crippen molar-refractivity contribution in [1.29, 1.82) is 0 Å². The molecule has 1 aliphatic rings. The monoisotopic (exact) mass is 386 g/mol. The van der Waals surface area contributed by atoms with E-state index in [1.807, 2.05) is 35.6 Å². The summed E-state index contributed by atoms with van der Waals surface area (Å²) >= 11 is 1.83. The highest BCUT2D eigenvalue weighted by Gasteiger charge is 2.24. The summed E-state index contributed by atoms with van der Waals surface area (Å²) in [5.41, 5.74) is 2.00. The van der Waals surface area contributed by atoms with Gasteiger partial charge in [-0.3, -0.25) is 4.90 Å². The summed E-state index contributed by atoms with van der Waals surface area (Å²) in [6.07, 6.45) is 2.57. The van der Waals surface area contributed by atoms with Crippen LogP contribution in [0.1, 0.15) is 41.8 Å². The van der Waals surface area contributed by atoms with Crippen molar-refractivity contribution in [2.75, 3.05) is 26.2 Å². The molecule has 2 heterocycles. The molecule has 5 nitrogen and oxygen atoms in total. The minimum absolute atomic E-state index is 0.0467. The summed E-state index contributed by atoms with van der Waals surface area (Å²) < 4.78 is 0. The van der Waals surface area contributed by atoms with Gasteiger partial charge in [0, 0.05) is 18.0 Å². The molecule has 0 aliphatic carbocycles. The normalized spacial score (nSPS) is 16.4. The molecule has 27 heavy (non-hydrogen) atoms. The fraction of sp³-hybridized carbons (Fsp3) is 0.476. The molecule has 0 amide bonds. The number of hydrogen-bond acceptors (Lipinski definition) is 4. The summed E-state index contributed by atoms with van der Waals surface area (Å²) in [7, 11) is 0. The van der Waals surface area contributed by atoms with Crippen molar-refractivity contribution < 1.29 is 5.11 Å². The van der Waals surface area contributed by atoms with Crippen LogP contribution >= 0.6 is 11.3 Å². The zero-order valence-corrected chi connectivity index (χ0v) is 16.8. The standard InChI is InChI=1S/C21H30N4OS/c1-2-22-21(23-14-17-8-3-4-9-18(17)16-26)24-15-19(20-10-7-13-27-20)25-11-5-6-12-25/h3-4,7-10,13,19,26H,2,5-6,11-12,14-16H2,1H3,(H2,22,23,24). The number of nitrogens with zero attached hydrogens (tertiary/aromatic N) is 2. The van der Waals surface area contributed by atoms with Crippen LogP contribution in [0, 0.1) is 0 Å². The van der Waals surface area contributed by atoms with E-state index >= 15 is 0 Å². The van der Waals surface area contributed by atoms with Gasteiger partial charge < -0.3 is 15.7 Å². The van der Waals surface area contributed by atoms with Crippen LogP contribution in [0.4, 0.5) is 0 Å². The maximum Gasteiger partial charge on any atom is 0.191 e. The Morgan fingerprint density at radius 2 is 1.93 bits per heavy atom. The number of aliphatic hydroxyl groups excluding tert-OH is 1. The first-order chi connectivity index (χ1) is 13.3. The van der Waals surface area contributed by atoms with Crippen molar-refractivity contribution in [2.24, 2.45) is 4.99 Å². The molecule has 1 aromatic carbocycles. The van der Waals surface area contributed by atoms with Crippen LogP contribution in [0.2, 0.25) is 0 Å². The van der Waals surface area contributed by atoms with E-state index < -0.39 is 0 Å². The third-order valence-corrected chi connectivity index (χ3v) is 5.93. The maximum atomic E-state index is 9.51. The van der Waals surface area contributed by atoms with E-state index in [4.69, 9.17) is 4.99 Å². The number of aliphatic hydroxyl groups is 1. The highest BCUT2D eigenvalue weighted by Crippen LogP contribution is 2.27. The van der Waals surface area contributed by atoms with Gasteiger partial charge in [0.25, 0.3) is 0 Å². The van der Waals surface area contributed by atoms with E-state index in [9.17, 15) is 5.11 Å². The van der Waals surface area contributed by atoms with Gasteiger partial charge in [0.1, 0.15) is 0 Å². The van der Waals surface area contributed by atoms with Crippen LogP contribution in [0.3, 0.4) is 0 Å². The lowest BCUT2D eigenvalue weighted by molar-refractivity contribution is 0.249. The number of thiophene rings is 1. The minimum Gasteiger partial charge on any atom is -0.392 e. The summed E-state index contributed by atoms with van der Waals surface area (Å²) in [4.78, 5) is 8.72. The lowest BCUT2D eigenvalue weighted by atomic mass is 10.1. The topological polar surface area (TPSA) is 59.9 Å². The second-order valence-corrected chi connectivity index (χ2v) is 7.76. The predicted octanol–water partition coefficient (Wildman–Crippen LogP) is 3.13. The number of aliphatic imine (C=N–C) groups is 1. The molecule has 0 radical (unpaired) electrons. The van der Waals surface area contributed by atoms with Gasteiger partial charge in [-0.2, -0.15) is 0 Å². The van der Waals surface area contributed by atoms with Gasteiger partial charge in [-0.05, 0) is 55.4 Å². The number of hydrogen-bond donors (Lipinski definition) is 3. The Balaban J connectivity index is 1.67. The van der Waals surface area contributed by atoms with Gasteiger partial charge in [-0.1, -0.05) is 30.3 Å². The third-order valence-electron chi connectivity index (χ3n) is 4.96. The number of likely N-dealkylation sites (tertiary alicyclic amines) is 1. The van der Waals surface area contributed by atoms with E-state index in [-0.39, 0.29) is 6.61 Å². The molecule has 1 fully saturated rings. The molecule has 1 aliphatic heterocycles. The van der Waals surface area contributed by atoms with Gasteiger partial charge in [0.15, 0.2) is 5.96 Å². The van der Waals surface area contributed by atoms with Crippen LogP contribution in [-0.4, -0.2) is 42.1 Å². The summed E-state index contributed by atoms with van der Waals surface area (Å²) in [5, 5.41) is 18.5. The van der Waals surface area contributed by atoms with Crippen molar-refractivity contribution in [3.05, 3.63) is 57.8 Å². The van der Waals surface area contributed by atoms with Crippen molar-refractivity contribution in [3.63, 3.8) is 0 Å². The molecule has 2 aromatic rings. The van der Waals surface area contributed by atoms with Gasteiger partial charge in [-0.15, -0.1) is 11.3 Å². The molecule has 0 bridgehead atoms. The summed E-state index contributed by atoms with van der Waals surface area (Å²) in [6, 6.07) is 12.7. The predicted molar refractivity (Wildman–Crippen MR) is 113 cm³/mol. The Morgan fingerprint density at radius 3 is 2.59 bits per heavy atom. The van der Waals surface area contributed by atoms with Gasteiger partial charge >= 0.3 is 0 Å². The van der Waals surface area contributed by atoms with Crippen molar-refractivity contribution in [3.8, 4) is 0 Å². The quantitative estimate of drug-likeness (QED) is 0.482. The number of guanidine groups is 1. The molecule has 1 aromatic heterocycles. The SMILES string of the molecule is CCNC(=NCc1ccccc1CO)NCC(c1cccs1)N1CCCC1. The van der Waals surface area contributed by atoms with Crippen molar-refractivity contribution >= 4 is 17.3 Å². The highest BCUT2D eigenvalue weighted by atomic mass is 32.1. The first kappa shape index (κ1) is 19.9. The second kappa shape index (κ2) is 10.4. The largest absolute Gasteiger partial charge is 0.392 e. The Morgan fingerprint density at radius 1 is 1.15 bits per heavy atom. The average molecular weight is 387 g/mol. The fourth-order valence-corrected chi connectivity index (χ4v) is 4.37. The molecular formula is C21H30N4OS. The van der Waals surface area contributed by atoms with Crippen molar-refractivity contribution in [2.45, 2.75) is 39.0 Å². The first-order valence-corrected chi connectivity index (χ1v) is 10.7. The van der Waals surface area contributed by atoms with E-state index in [0.29, 0.717) is 12.6 Å². The van der Waals surface area contributed by atoms with E-state index in [1.165, 1.54) is 30.8 Å². The molecule has 1 unspecified atom stereocenters. The first-order valence-electron chi connectivity index (χ1n) is 9.79. The second-order valence-electron chi connectivity index (χ2n) is 6.78. The van der Waals surface area contributed by atoms with Gasteiger partial charge in [0.05, 0.1) is 19.2 Å². The van der Waals surface area contributed by atoms with Gasteiger partial charge in [-0.25, -0.2) is 4.99 Å². The van der Waals surface area contributed by atoms with Crippen LogP contribution in [0.25, 0.3) is 0 Å². The van der Waals surface area contributed by atoms with Crippen molar-refractivity contribution in [1.82, 2.24) is 15.5 Å². The third kappa shape index (κ3) is 5.54.